The lowest BCUT2D eigenvalue weighted by atomic mass is 10.1. The molecule has 1 aromatic carbocycles. The van der Waals surface area contributed by atoms with Crippen LogP contribution in [0.3, 0.4) is 0 Å². The Labute approximate surface area is 112 Å². The molecule has 0 spiro atoms. The van der Waals surface area contributed by atoms with Crippen LogP contribution in [0.2, 0.25) is 0 Å². The smallest absolute Gasteiger partial charge is 0.274 e. The summed E-state index contributed by atoms with van der Waals surface area (Å²) >= 11 is 0. The van der Waals surface area contributed by atoms with Gasteiger partial charge in [-0.1, -0.05) is 6.07 Å². The van der Waals surface area contributed by atoms with Crippen molar-refractivity contribution in [2.45, 2.75) is 13.8 Å². The summed E-state index contributed by atoms with van der Waals surface area (Å²) in [6.07, 6.45) is 1.60. The quantitative estimate of drug-likeness (QED) is 0.918. The molecule has 0 unspecified atom stereocenters. The van der Waals surface area contributed by atoms with Gasteiger partial charge < -0.3 is 10.1 Å². The third-order valence-electron chi connectivity index (χ3n) is 3.10. The van der Waals surface area contributed by atoms with Gasteiger partial charge in [0.15, 0.2) is 0 Å². The maximum atomic E-state index is 12.0. The number of rotatable bonds is 3. The molecule has 2 aromatic rings. The van der Waals surface area contributed by atoms with E-state index in [9.17, 15) is 4.79 Å². The Kier molecular flexibility index (Phi) is 3.80. The zero-order valence-electron chi connectivity index (χ0n) is 11.2. The van der Waals surface area contributed by atoms with Gasteiger partial charge in [0.25, 0.3) is 5.91 Å². The number of carbonyl (C=O) groups excluding carboxylic acids is 1. The zero-order chi connectivity index (χ0) is 13.8. The van der Waals surface area contributed by atoms with E-state index in [1.54, 1.807) is 31.5 Å². The fourth-order valence-corrected chi connectivity index (χ4v) is 1.84. The number of aromatic nitrogens is 1. The predicted molar refractivity (Wildman–Crippen MR) is 74.7 cm³/mol. The minimum atomic E-state index is -0.215. The maximum Gasteiger partial charge on any atom is 0.274 e. The lowest BCUT2D eigenvalue weighted by molar-refractivity contribution is 0.102. The van der Waals surface area contributed by atoms with Crippen LogP contribution >= 0.6 is 0 Å². The van der Waals surface area contributed by atoms with Crippen LogP contribution in [0.5, 0.6) is 5.75 Å². The van der Waals surface area contributed by atoms with Crippen molar-refractivity contribution in [3.05, 3.63) is 53.3 Å². The summed E-state index contributed by atoms with van der Waals surface area (Å²) in [6, 6.07) is 8.92. The topological polar surface area (TPSA) is 51.2 Å². The second-order valence-corrected chi connectivity index (χ2v) is 4.23. The molecule has 98 valence electrons. The first kappa shape index (κ1) is 13.1. The van der Waals surface area contributed by atoms with Crippen LogP contribution in [-0.2, 0) is 0 Å². The number of carbonyl (C=O) groups is 1. The fraction of sp³-hybridized carbons (Fsp3) is 0.200. The molecule has 0 bridgehead atoms. The maximum absolute atomic E-state index is 12.0. The largest absolute Gasteiger partial charge is 0.496 e. The van der Waals surface area contributed by atoms with E-state index in [-0.39, 0.29) is 5.91 Å². The average Bonchev–Trinajstić information content (AvgIpc) is 2.45. The highest BCUT2D eigenvalue weighted by atomic mass is 16.5. The highest BCUT2D eigenvalue weighted by molar-refractivity contribution is 6.03. The Morgan fingerprint density at radius 2 is 1.95 bits per heavy atom. The number of anilines is 1. The lowest BCUT2D eigenvalue weighted by Crippen LogP contribution is -2.14. The first-order valence-electron chi connectivity index (χ1n) is 6.00. The van der Waals surface area contributed by atoms with Crippen molar-refractivity contribution in [3.8, 4) is 5.75 Å². The molecule has 0 aliphatic rings. The summed E-state index contributed by atoms with van der Waals surface area (Å²) in [7, 11) is 1.63. The van der Waals surface area contributed by atoms with Gasteiger partial charge in [0.05, 0.1) is 7.11 Å². The van der Waals surface area contributed by atoms with Gasteiger partial charge in [-0.25, -0.2) is 0 Å². The molecule has 19 heavy (non-hydrogen) atoms. The second-order valence-electron chi connectivity index (χ2n) is 4.23. The number of amides is 1. The van der Waals surface area contributed by atoms with Crippen molar-refractivity contribution in [3.63, 3.8) is 0 Å². The molecule has 0 aliphatic carbocycles. The van der Waals surface area contributed by atoms with E-state index in [1.165, 1.54) is 0 Å². The molecule has 0 radical (unpaired) electrons. The van der Waals surface area contributed by atoms with Crippen LogP contribution in [-0.4, -0.2) is 18.0 Å². The fourth-order valence-electron chi connectivity index (χ4n) is 1.84. The third kappa shape index (κ3) is 2.73. The minimum absolute atomic E-state index is 0.215. The van der Waals surface area contributed by atoms with Gasteiger partial charge in [-0.05, 0) is 49.2 Å². The van der Waals surface area contributed by atoms with Crippen LogP contribution in [0.15, 0.2) is 36.5 Å². The van der Waals surface area contributed by atoms with Gasteiger partial charge in [-0.15, -0.1) is 0 Å². The number of benzene rings is 1. The van der Waals surface area contributed by atoms with E-state index >= 15 is 0 Å². The summed E-state index contributed by atoms with van der Waals surface area (Å²) in [5.41, 5.74) is 3.18. The van der Waals surface area contributed by atoms with Gasteiger partial charge in [0, 0.05) is 11.9 Å². The average molecular weight is 256 g/mol. The SMILES string of the molecule is COc1ccc(NC(=O)c2ccccn2)c(C)c1C. The molecule has 0 atom stereocenters. The highest BCUT2D eigenvalue weighted by Gasteiger charge is 2.11. The van der Waals surface area contributed by atoms with Crippen molar-refractivity contribution in [2.75, 3.05) is 12.4 Å². The number of ether oxygens (including phenoxy) is 1. The minimum Gasteiger partial charge on any atom is -0.496 e. The first-order valence-corrected chi connectivity index (χ1v) is 6.00. The highest BCUT2D eigenvalue weighted by Crippen LogP contribution is 2.27. The summed E-state index contributed by atoms with van der Waals surface area (Å²) in [5, 5.41) is 2.86. The molecule has 0 fully saturated rings. The second kappa shape index (κ2) is 5.52. The number of nitrogens with zero attached hydrogens (tertiary/aromatic N) is 1. The molecule has 2 rings (SSSR count). The summed E-state index contributed by atoms with van der Waals surface area (Å²) in [6.45, 7) is 3.91. The zero-order valence-corrected chi connectivity index (χ0v) is 11.2. The Balaban J connectivity index is 2.25. The number of nitrogens with one attached hydrogen (secondary N) is 1. The van der Waals surface area contributed by atoms with Crippen molar-refractivity contribution in [1.29, 1.82) is 0 Å². The van der Waals surface area contributed by atoms with E-state index in [0.29, 0.717) is 5.69 Å². The number of hydrogen-bond acceptors (Lipinski definition) is 3. The molecule has 0 saturated carbocycles. The van der Waals surface area contributed by atoms with E-state index in [1.807, 2.05) is 26.0 Å². The summed E-state index contributed by atoms with van der Waals surface area (Å²) in [5.74, 6) is 0.599. The lowest BCUT2D eigenvalue weighted by Gasteiger charge is -2.13. The predicted octanol–water partition coefficient (Wildman–Crippen LogP) is 2.96. The third-order valence-corrected chi connectivity index (χ3v) is 3.10. The van der Waals surface area contributed by atoms with Gasteiger partial charge >= 0.3 is 0 Å². The summed E-state index contributed by atoms with van der Waals surface area (Å²) in [4.78, 5) is 16.1. The van der Waals surface area contributed by atoms with E-state index in [0.717, 1.165) is 22.6 Å². The Morgan fingerprint density at radius 1 is 1.16 bits per heavy atom. The first-order chi connectivity index (χ1) is 9.13. The van der Waals surface area contributed by atoms with Crippen molar-refractivity contribution in [1.82, 2.24) is 4.98 Å². The monoisotopic (exact) mass is 256 g/mol. The van der Waals surface area contributed by atoms with Gasteiger partial charge in [-0.2, -0.15) is 0 Å². The number of pyridine rings is 1. The molecule has 4 nitrogen and oxygen atoms in total. The molecule has 1 N–H and O–H groups in total. The van der Waals surface area contributed by atoms with Gasteiger partial charge in [-0.3, -0.25) is 9.78 Å². The molecule has 0 aliphatic heterocycles. The number of methoxy groups -OCH3 is 1. The standard InChI is InChI=1S/C15H16N2O2/c1-10-11(2)14(19-3)8-7-12(10)17-15(18)13-6-4-5-9-16-13/h4-9H,1-3H3,(H,17,18). The van der Waals surface area contributed by atoms with E-state index in [4.69, 9.17) is 4.74 Å². The van der Waals surface area contributed by atoms with Crippen LogP contribution in [0.1, 0.15) is 21.6 Å². The molecular formula is C15H16N2O2. The summed E-state index contributed by atoms with van der Waals surface area (Å²) < 4.78 is 5.25. The van der Waals surface area contributed by atoms with Crippen molar-refractivity contribution < 1.29 is 9.53 Å². The van der Waals surface area contributed by atoms with Gasteiger partial charge in [0.2, 0.25) is 0 Å². The van der Waals surface area contributed by atoms with Crippen LogP contribution in [0.25, 0.3) is 0 Å². The van der Waals surface area contributed by atoms with Crippen molar-refractivity contribution in [2.24, 2.45) is 0 Å². The van der Waals surface area contributed by atoms with Crippen LogP contribution < -0.4 is 10.1 Å². The number of hydrogen-bond donors (Lipinski definition) is 1. The van der Waals surface area contributed by atoms with Crippen LogP contribution in [0.4, 0.5) is 5.69 Å². The van der Waals surface area contributed by atoms with E-state index < -0.39 is 0 Å². The van der Waals surface area contributed by atoms with E-state index in [2.05, 4.69) is 10.3 Å². The Morgan fingerprint density at radius 3 is 2.58 bits per heavy atom. The Bertz CT molecular complexity index is 595. The molecule has 1 heterocycles. The van der Waals surface area contributed by atoms with Crippen molar-refractivity contribution >= 4 is 11.6 Å². The van der Waals surface area contributed by atoms with Crippen LogP contribution in [0, 0.1) is 13.8 Å². The molecular weight excluding hydrogens is 240 g/mol. The molecule has 1 amide bonds. The Hall–Kier alpha value is -2.36. The molecule has 1 aromatic heterocycles. The molecule has 4 heteroatoms. The van der Waals surface area contributed by atoms with Gasteiger partial charge in [0.1, 0.15) is 11.4 Å². The molecule has 0 saturated heterocycles. The normalized spacial score (nSPS) is 10.1.